The van der Waals surface area contributed by atoms with Gasteiger partial charge in [-0.25, -0.2) is 0 Å². The summed E-state index contributed by atoms with van der Waals surface area (Å²) in [6.07, 6.45) is 0. The van der Waals surface area contributed by atoms with Gasteiger partial charge < -0.3 is 10.2 Å². The Bertz CT molecular complexity index is 638. The predicted molar refractivity (Wildman–Crippen MR) is 87.6 cm³/mol. The van der Waals surface area contributed by atoms with Crippen LogP contribution in [0.1, 0.15) is 15.9 Å². The number of nitrogens with one attached hydrogen (secondary N) is 1. The van der Waals surface area contributed by atoms with Crippen molar-refractivity contribution in [3.8, 4) is 0 Å². The third-order valence-electron chi connectivity index (χ3n) is 3.00. The molecule has 0 heterocycles. The highest BCUT2D eigenvalue weighted by atomic mass is 79.9. The molecule has 0 aliphatic rings. The maximum absolute atomic E-state index is 12.4. The molecule has 0 bridgehead atoms. The Morgan fingerprint density at radius 1 is 1.15 bits per heavy atom. The third kappa shape index (κ3) is 3.20. The number of hydrogen-bond acceptors (Lipinski definition) is 2. The zero-order valence-corrected chi connectivity index (χ0v) is 13.4. The van der Waals surface area contributed by atoms with Crippen molar-refractivity contribution in [3.05, 3.63) is 58.1 Å². The Morgan fingerprint density at radius 3 is 2.50 bits per heavy atom. The van der Waals surface area contributed by atoms with Gasteiger partial charge in [-0.1, -0.05) is 18.2 Å². The first-order chi connectivity index (χ1) is 9.49. The fourth-order valence-electron chi connectivity index (χ4n) is 1.96. The fourth-order valence-corrected chi connectivity index (χ4v) is 2.64. The molecule has 4 heteroatoms. The number of amides is 1. The summed E-state index contributed by atoms with van der Waals surface area (Å²) in [5.41, 5.74) is 3.52. The van der Waals surface area contributed by atoms with Crippen LogP contribution in [0.5, 0.6) is 0 Å². The van der Waals surface area contributed by atoms with Crippen molar-refractivity contribution in [2.24, 2.45) is 0 Å². The van der Waals surface area contributed by atoms with E-state index >= 15 is 0 Å². The lowest BCUT2D eigenvalue weighted by Gasteiger charge is -2.18. The van der Waals surface area contributed by atoms with Crippen molar-refractivity contribution in [1.82, 2.24) is 0 Å². The molecule has 0 unspecified atom stereocenters. The van der Waals surface area contributed by atoms with Gasteiger partial charge in [-0.05, 0) is 52.7 Å². The zero-order valence-electron chi connectivity index (χ0n) is 11.8. The van der Waals surface area contributed by atoms with Crippen LogP contribution in [0.2, 0.25) is 0 Å². The lowest BCUT2D eigenvalue weighted by atomic mass is 10.1. The molecule has 0 spiro atoms. The number of rotatable bonds is 3. The molecule has 0 atom stereocenters. The number of anilines is 2. The number of para-hydroxylation sites is 2. The molecule has 2 rings (SSSR count). The van der Waals surface area contributed by atoms with Gasteiger partial charge in [0.2, 0.25) is 0 Å². The molecule has 0 fully saturated rings. The molecule has 0 saturated carbocycles. The summed E-state index contributed by atoms with van der Waals surface area (Å²) >= 11 is 3.44. The summed E-state index contributed by atoms with van der Waals surface area (Å²) in [6, 6.07) is 13.4. The Balaban J connectivity index is 2.28. The zero-order chi connectivity index (χ0) is 14.7. The van der Waals surface area contributed by atoms with Crippen LogP contribution >= 0.6 is 15.9 Å². The average Bonchev–Trinajstić information content (AvgIpc) is 2.38. The Morgan fingerprint density at radius 2 is 1.85 bits per heavy atom. The molecule has 0 aromatic heterocycles. The molecule has 1 N–H and O–H groups in total. The van der Waals surface area contributed by atoms with E-state index in [4.69, 9.17) is 0 Å². The molecule has 0 aliphatic heterocycles. The Kier molecular flexibility index (Phi) is 4.45. The van der Waals surface area contributed by atoms with Gasteiger partial charge in [-0.3, -0.25) is 4.79 Å². The molecule has 2 aromatic carbocycles. The van der Waals surface area contributed by atoms with Crippen LogP contribution < -0.4 is 10.2 Å². The number of halogens is 1. The van der Waals surface area contributed by atoms with Gasteiger partial charge in [0.25, 0.3) is 5.91 Å². The van der Waals surface area contributed by atoms with Gasteiger partial charge in [-0.2, -0.15) is 0 Å². The maximum atomic E-state index is 12.4. The highest BCUT2D eigenvalue weighted by Crippen LogP contribution is 2.25. The highest BCUT2D eigenvalue weighted by molar-refractivity contribution is 9.10. The third-order valence-corrected chi connectivity index (χ3v) is 3.66. The predicted octanol–water partition coefficient (Wildman–Crippen LogP) is 4.08. The largest absolute Gasteiger partial charge is 0.376 e. The van der Waals surface area contributed by atoms with E-state index in [0.29, 0.717) is 5.56 Å². The van der Waals surface area contributed by atoms with E-state index in [-0.39, 0.29) is 5.91 Å². The number of nitrogens with zero attached hydrogens (tertiary/aromatic N) is 1. The number of aryl methyl sites for hydroxylation is 1. The fraction of sp³-hybridized carbons (Fsp3) is 0.188. The Hall–Kier alpha value is -1.81. The van der Waals surface area contributed by atoms with E-state index in [1.165, 1.54) is 0 Å². The lowest BCUT2D eigenvalue weighted by molar-refractivity contribution is 0.102. The van der Waals surface area contributed by atoms with Crippen LogP contribution in [-0.4, -0.2) is 20.0 Å². The van der Waals surface area contributed by atoms with E-state index < -0.39 is 0 Å². The van der Waals surface area contributed by atoms with Crippen LogP contribution in [0.4, 0.5) is 11.4 Å². The first-order valence-corrected chi connectivity index (χ1v) is 7.12. The van der Waals surface area contributed by atoms with Crippen LogP contribution in [0.15, 0.2) is 46.9 Å². The number of hydrogen-bond donors (Lipinski definition) is 1. The molecule has 1 amide bonds. The van der Waals surface area contributed by atoms with Gasteiger partial charge in [0, 0.05) is 18.6 Å². The molecular formula is C16H17BrN2O. The monoisotopic (exact) mass is 332 g/mol. The summed E-state index contributed by atoms with van der Waals surface area (Å²) in [5.74, 6) is -0.119. The van der Waals surface area contributed by atoms with Crippen molar-refractivity contribution >= 4 is 33.2 Å². The minimum absolute atomic E-state index is 0.119. The van der Waals surface area contributed by atoms with E-state index in [0.717, 1.165) is 21.4 Å². The summed E-state index contributed by atoms with van der Waals surface area (Å²) in [6.45, 7) is 1.99. The normalized spacial score (nSPS) is 10.2. The second-order valence-electron chi connectivity index (χ2n) is 4.85. The second-order valence-corrected chi connectivity index (χ2v) is 5.70. The SMILES string of the molecule is Cc1ccc(C(=O)Nc2ccccc2N(C)C)c(Br)c1. The quantitative estimate of drug-likeness (QED) is 0.918. The van der Waals surface area contributed by atoms with Gasteiger partial charge >= 0.3 is 0 Å². The molecule has 2 aromatic rings. The number of carbonyl (C=O) groups excluding carboxylic acids is 1. The summed E-state index contributed by atoms with van der Waals surface area (Å²) < 4.78 is 0.803. The van der Waals surface area contributed by atoms with Gasteiger partial charge in [0.05, 0.1) is 16.9 Å². The minimum Gasteiger partial charge on any atom is -0.376 e. The van der Waals surface area contributed by atoms with Crippen molar-refractivity contribution in [3.63, 3.8) is 0 Å². The van der Waals surface area contributed by atoms with Crippen molar-refractivity contribution < 1.29 is 4.79 Å². The van der Waals surface area contributed by atoms with E-state index in [1.54, 1.807) is 0 Å². The van der Waals surface area contributed by atoms with Crippen molar-refractivity contribution in [1.29, 1.82) is 0 Å². The van der Waals surface area contributed by atoms with Crippen molar-refractivity contribution in [2.45, 2.75) is 6.92 Å². The number of benzene rings is 2. The maximum Gasteiger partial charge on any atom is 0.256 e. The van der Waals surface area contributed by atoms with Gasteiger partial charge in [0.15, 0.2) is 0 Å². The molecule has 20 heavy (non-hydrogen) atoms. The van der Waals surface area contributed by atoms with Crippen LogP contribution in [0.3, 0.4) is 0 Å². The average molecular weight is 333 g/mol. The highest BCUT2D eigenvalue weighted by Gasteiger charge is 2.12. The van der Waals surface area contributed by atoms with Gasteiger partial charge in [0.1, 0.15) is 0 Å². The second kappa shape index (κ2) is 6.09. The standard InChI is InChI=1S/C16H17BrN2O/c1-11-8-9-12(13(17)10-11)16(20)18-14-6-4-5-7-15(14)19(2)3/h4-10H,1-3H3,(H,18,20). The first kappa shape index (κ1) is 14.6. The summed E-state index contributed by atoms with van der Waals surface area (Å²) in [5, 5.41) is 2.96. The van der Waals surface area contributed by atoms with E-state index in [9.17, 15) is 4.79 Å². The topological polar surface area (TPSA) is 32.3 Å². The Labute approximate surface area is 127 Å². The summed E-state index contributed by atoms with van der Waals surface area (Å²) in [4.78, 5) is 14.3. The molecule has 3 nitrogen and oxygen atoms in total. The summed E-state index contributed by atoms with van der Waals surface area (Å²) in [7, 11) is 3.90. The van der Waals surface area contributed by atoms with Gasteiger partial charge in [-0.15, -0.1) is 0 Å². The molecule has 0 aliphatic carbocycles. The van der Waals surface area contributed by atoms with E-state index in [2.05, 4.69) is 21.2 Å². The van der Waals surface area contributed by atoms with Crippen LogP contribution in [0.25, 0.3) is 0 Å². The van der Waals surface area contributed by atoms with Crippen LogP contribution in [-0.2, 0) is 0 Å². The molecular weight excluding hydrogens is 316 g/mol. The first-order valence-electron chi connectivity index (χ1n) is 6.33. The molecule has 104 valence electrons. The lowest BCUT2D eigenvalue weighted by Crippen LogP contribution is -2.17. The molecule has 0 radical (unpaired) electrons. The van der Waals surface area contributed by atoms with Crippen molar-refractivity contribution in [2.75, 3.05) is 24.3 Å². The smallest absolute Gasteiger partial charge is 0.256 e. The number of carbonyl (C=O) groups is 1. The molecule has 0 saturated heterocycles. The minimum atomic E-state index is -0.119. The van der Waals surface area contributed by atoms with Crippen LogP contribution in [0, 0.1) is 6.92 Å². The van der Waals surface area contributed by atoms with E-state index in [1.807, 2.05) is 68.4 Å².